The molecule has 4 nitrogen and oxygen atoms in total. The molecule has 0 saturated carbocycles. The minimum absolute atomic E-state index is 0.254. The lowest BCUT2D eigenvalue weighted by molar-refractivity contribution is -0.137. The highest BCUT2D eigenvalue weighted by molar-refractivity contribution is 7.90. The summed E-state index contributed by atoms with van der Waals surface area (Å²) < 4.78 is 66.0. The van der Waals surface area contributed by atoms with E-state index in [9.17, 15) is 21.6 Å². The van der Waals surface area contributed by atoms with Crippen molar-refractivity contribution < 1.29 is 21.6 Å². The van der Waals surface area contributed by atoms with Gasteiger partial charge in [0.25, 0.3) is 10.0 Å². The van der Waals surface area contributed by atoms with E-state index in [1.807, 2.05) is 30.3 Å². The molecular weight excluding hydrogens is 365 g/mol. The van der Waals surface area contributed by atoms with Crippen LogP contribution in [0.25, 0.3) is 5.57 Å². The fraction of sp³-hybridized carbons (Fsp3) is 0.167. The van der Waals surface area contributed by atoms with Crippen LogP contribution in [0, 0.1) is 0 Å². The van der Waals surface area contributed by atoms with Gasteiger partial charge in [-0.15, -0.1) is 4.40 Å². The Bertz CT molecular complexity index is 948. The SMILES string of the molecule is O=S(=O)(N=C1CCC(c2ccccc2)=CN1)c1ccc(C(F)(F)F)cc1. The average molecular weight is 380 g/mol. The Balaban J connectivity index is 1.78. The lowest BCUT2D eigenvalue weighted by atomic mass is 10.00. The predicted molar refractivity (Wildman–Crippen MR) is 92.9 cm³/mol. The van der Waals surface area contributed by atoms with Crippen LogP contribution in [0.5, 0.6) is 0 Å². The number of nitrogens with zero attached hydrogens (tertiary/aromatic N) is 1. The Morgan fingerprint density at radius 2 is 1.58 bits per heavy atom. The van der Waals surface area contributed by atoms with Crippen LogP contribution in [0.1, 0.15) is 24.0 Å². The summed E-state index contributed by atoms with van der Waals surface area (Å²) in [6.07, 6.45) is -1.82. The fourth-order valence-corrected chi connectivity index (χ4v) is 3.55. The Morgan fingerprint density at radius 1 is 0.923 bits per heavy atom. The van der Waals surface area contributed by atoms with Crippen LogP contribution in [0.2, 0.25) is 0 Å². The van der Waals surface area contributed by atoms with E-state index in [-0.39, 0.29) is 10.7 Å². The van der Waals surface area contributed by atoms with Crippen LogP contribution < -0.4 is 5.32 Å². The predicted octanol–water partition coefficient (Wildman–Crippen LogP) is 4.22. The normalized spacial score (nSPS) is 16.9. The van der Waals surface area contributed by atoms with E-state index in [4.69, 9.17) is 0 Å². The van der Waals surface area contributed by atoms with E-state index in [1.54, 1.807) is 6.20 Å². The molecule has 3 rings (SSSR count). The summed E-state index contributed by atoms with van der Waals surface area (Å²) in [5.41, 5.74) is 1.15. The molecule has 1 heterocycles. The monoisotopic (exact) mass is 380 g/mol. The van der Waals surface area contributed by atoms with Crippen molar-refractivity contribution in [3.63, 3.8) is 0 Å². The van der Waals surface area contributed by atoms with Crippen LogP contribution in [0.15, 0.2) is 70.1 Å². The molecule has 0 aliphatic carbocycles. The standard InChI is InChI=1S/C18H15F3N2O2S/c19-18(20,21)15-7-9-16(10-8-15)26(24,25)23-17-11-6-14(12-22-17)13-4-2-1-3-5-13/h1-5,7-10,12H,6,11H2,(H,22,23). The van der Waals surface area contributed by atoms with Crippen LogP contribution in [-0.2, 0) is 16.2 Å². The summed E-state index contributed by atoms with van der Waals surface area (Å²) in [5.74, 6) is 0.254. The number of benzene rings is 2. The third-order valence-electron chi connectivity index (χ3n) is 3.90. The Kier molecular flexibility index (Phi) is 4.86. The largest absolute Gasteiger partial charge is 0.416 e. The van der Waals surface area contributed by atoms with Crippen molar-refractivity contribution >= 4 is 21.4 Å². The van der Waals surface area contributed by atoms with Crippen molar-refractivity contribution in [2.45, 2.75) is 23.9 Å². The van der Waals surface area contributed by atoms with Crippen molar-refractivity contribution in [2.24, 2.45) is 4.40 Å². The molecular formula is C18H15F3N2O2S. The number of hydrogen-bond acceptors (Lipinski definition) is 2. The Morgan fingerprint density at radius 3 is 2.12 bits per heavy atom. The summed E-state index contributed by atoms with van der Waals surface area (Å²) in [4.78, 5) is -0.280. The fourth-order valence-electron chi connectivity index (χ4n) is 2.53. The maximum absolute atomic E-state index is 12.6. The van der Waals surface area contributed by atoms with Crippen molar-refractivity contribution in [2.75, 3.05) is 0 Å². The molecule has 0 fully saturated rings. The molecule has 1 N–H and O–H groups in total. The van der Waals surface area contributed by atoms with Crippen LogP contribution in [0.3, 0.4) is 0 Å². The first-order valence-corrected chi connectivity index (χ1v) is 9.22. The second kappa shape index (κ2) is 6.95. The van der Waals surface area contributed by atoms with Crippen molar-refractivity contribution in [3.05, 3.63) is 71.9 Å². The number of hydrogen-bond donors (Lipinski definition) is 1. The minimum Gasteiger partial charge on any atom is -0.349 e. The molecule has 2 aromatic carbocycles. The maximum Gasteiger partial charge on any atom is 0.416 e. The number of amidine groups is 1. The highest BCUT2D eigenvalue weighted by Crippen LogP contribution is 2.30. The molecule has 8 heteroatoms. The molecule has 1 aliphatic heterocycles. The van der Waals surface area contributed by atoms with E-state index in [0.717, 1.165) is 35.4 Å². The van der Waals surface area contributed by atoms with Gasteiger partial charge in [0.05, 0.1) is 10.5 Å². The van der Waals surface area contributed by atoms with Gasteiger partial charge in [-0.1, -0.05) is 30.3 Å². The molecule has 0 spiro atoms. The molecule has 1 aliphatic rings. The second-order valence-electron chi connectivity index (χ2n) is 5.72. The molecule has 0 amide bonds. The van der Waals surface area contributed by atoms with Crippen LogP contribution >= 0.6 is 0 Å². The van der Waals surface area contributed by atoms with Gasteiger partial charge >= 0.3 is 6.18 Å². The van der Waals surface area contributed by atoms with Gasteiger partial charge in [0.15, 0.2) is 0 Å². The van der Waals surface area contributed by atoms with E-state index in [0.29, 0.717) is 12.8 Å². The van der Waals surface area contributed by atoms with Gasteiger partial charge in [0, 0.05) is 12.6 Å². The summed E-state index contributed by atoms with van der Waals surface area (Å²) in [7, 11) is -4.08. The summed E-state index contributed by atoms with van der Waals surface area (Å²) in [6, 6.07) is 12.9. The van der Waals surface area contributed by atoms with Gasteiger partial charge < -0.3 is 5.32 Å². The number of rotatable bonds is 3. The summed E-state index contributed by atoms with van der Waals surface area (Å²) in [6.45, 7) is 0. The topological polar surface area (TPSA) is 58.5 Å². The van der Waals surface area contributed by atoms with E-state index < -0.39 is 21.8 Å². The molecule has 0 bridgehead atoms. The van der Waals surface area contributed by atoms with Gasteiger partial charge in [-0.05, 0) is 41.8 Å². The van der Waals surface area contributed by atoms with Crippen LogP contribution in [-0.4, -0.2) is 14.3 Å². The lowest BCUT2D eigenvalue weighted by Gasteiger charge is -2.16. The Labute approximate surface area is 149 Å². The van der Waals surface area contributed by atoms with E-state index >= 15 is 0 Å². The number of nitrogens with one attached hydrogen (secondary N) is 1. The molecule has 0 saturated heterocycles. The summed E-state index contributed by atoms with van der Waals surface area (Å²) in [5, 5.41) is 2.86. The zero-order valence-electron chi connectivity index (χ0n) is 13.5. The third kappa shape index (κ3) is 4.13. The van der Waals surface area contributed by atoms with Gasteiger partial charge in [-0.2, -0.15) is 21.6 Å². The quantitative estimate of drug-likeness (QED) is 0.868. The number of allylic oxidation sites excluding steroid dienone is 1. The van der Waals surface area contributed by atoms with Crippen molar-refractivity contribution in [3.8, 4) is 0 Å². The smallest absolute Gasteiger partial charge is 0.349 e. The number of alkyl halides is 3. The van der Waals surface area contributed by atoms with Gasteiger partial charge in [-0.3, -0.25) is 0 Å². The molecule has 0 unspecified atom stereocenters. The molecule has 136 valence electrons. The zero-order valence-corrected chi connectivity index (χ0v) is 14.3. The highest BCUT2D eigenvalue weighted by Gasteiger charge is 2.30. The first kappa shape index (κ1) is 18.2. The third-order valence-corrected chi connectivity index (χ3v) is 5.23. The lowest BCUT2D eigenvalue weighted by Crippen LogP contribution is -2.23. The van der Waals surface area contributed by atoms with E-state index in [1.165, 1.54) is 0 Å². The minimum atomic E-state index is -4.52. The van der Waals surface area contributed by atoms with Crippen LogP contribution in [0.4, 0.5) is 13.2 Å². The summed E-state index contributed by atoms with van der Waals surface area (Å²) >= 11 is 0. The number of sulfonamides is 1. The zero-order chi connectivity index (χ0) is 18.8. The van der Waals surface area contributed by atoms with E-state index in [2.05, 4.69) is 9.71 Å². The first-order chi connectivity index (χ1) is 12.3. The highest BCUT2D eigenvalue weighted by atomic mass is 32.2. The maximum atomic E-state index is 12.6. The molecule has 0 radical (unpaired) electrons. The molecule has 0 atom stereocenters. The van der Waals surface area contributed by atoms with Gasteiger partial charge in [-0.25, -0.2) is 0 Å². The average Bonchev–Trinajstić information content (AvgIpc) is 2.62. The molecule has 0 aromatic heterocycles. The first-order valence-electron chi connectivity index (χ1n) is 7.78. The Hall–Kier alpha value is -2.61. The van der Waals surface area contributed by atoms with Crippen molar-refractivity contribution in [1.29, 1.82) is 0 Å². The second-order valence-corrected chi connectivity index (χ2v) is 7.32. The van der Waals surface area contributed by atoms with Crippen molar-refractivity contribution in [1.82, 2.24) is 5.32 Å². The molecule has 2 aromatic rings. The number of halogens is 3. The van der Waals surface area contributed by atoms with Gasteiger partial charge in [0.1, 0.15) is 5.84 Å². The molecule has 26 heavy (non-hydrogen) atoms. The van der Waals surface area contributed by atoms with Gasteiger partial charge in [0.2, 0.25) is 0 Å².